The quantitative estimate of drug-likeness (QED) is 0.653. The van der Waals surface area contributed by atoms with Gasteiger partial charge in [0.05, 0.1) is 25.9 Å². The van der Waals surface area contributed by atoms with Crippen LogP contribution in [-0.4, -0.2) is 26.2 Å². The predicted octanol–water partition coefficient (Wildman–Crippen LogP) is 3.13. The largest absolute Gasteiger partial charge is 0.497 e. The molecule has 1 fully saturated rings. The maximum absolute atomic E-state index is 13.0. The fourth-order valence-electron chi connectivity index (χ4n) is 2.65. The number of aliphatic imine (C=N–C) groups is 1. The van der Waals surface area contributed by atoms with E-state index < -0.39 is 0 Å². The Morgan fingerprint density at radius 1 is 1.17 bits per heavy atom. The van der Waals surface area contributed by atoms with Crippen molar-refractivity contribution in [1.82, 2.24) is 0 Å². The summed E-state index contributed by atoms with van der Waals surface area (Å²) in [6, 6.07) is 12.0. The molecular weight excluding hydrogens is 309 g/mol. The third-order valence-corrected chi connectivity index (χ3v) is 4.03. The summed E-state index contributed by atoms with van der Waals surface area (Å²) in [5.74, 6) is 1.72. The lowest BCUT2D eigenvalue weighted by molar-refractivity contribution is 0.405. The number of hydrogen-bond acceptors (Lipinski definition) is 3. The molecule has 3 rings (SSSR count). The molecule has 0 unspecified atom stereocenters. The molecule has 0 saturated heterocycles. The lowest BCUT2D eigenvalue weighted by Crippen LogP contribution is -2.23. The summed E-state index contributed by atoms with van der Waals surface area (Å²) < 4.78 is 23.5. The van der Waals surface area contributed by atoms with Gasteiger partial charge in [-0.1, -0.05) is 12.1 Å². The van der Waals surface area contributed by atoms with Crippen LogP contribution in [0.5, 0.6) is 11.5 Å². The molecule has 5 nitrogen and oxygen atoms in total. The summed E-state index contributed by atoms with van der Waals surface area (Å²) in [5.41, 5.74) is 7.78. The van der Waals surface area contributed by atoms with Crippen molar-refractivity contribution in [2.45, 2.75) is 18.4 Å². The van der Waals surface area contributed by atoms with Crippen LogP contribution in [0.1, 0.15) is 17.9 Å². The van der Waals surface area contributed by atoms with Crippen LogP contribution >= 0.6 is 0 Å². The Morgan fingerprint density at radius 3 is 2.58 bits per heavy atom. The van der Waals surface area contributed by atoms with E-state index in [2.05, 4.69) is 10.3 Å². The lowest BCUT2D eigenvalue weighted by atomic mass is 10.1. The topological polar surface area (TPSA) is 68.9 Å². The predicted molar refractivity (Wildman–Crippen MR) is 92.3 cm³/mol. The summed E-state index contributed by atoms with van der Waals surface area (Å²) in [7, 11) is 3.19. The summed E-state index contributed by atoms with van der Waals surface area (Å²) in [6.45, 7) is 0. The molecule has 3 N–H and O–H groups in total. The van der Waals surface area contributed by atoms with Crippen molar-refractivity contribution in [3.05, 3.63) is 53.8 Å². The smallest absolute Gasteiger partial charge is 0.193 e. The first kappa shape index (κ1) is 16.1. The molecule has 0 spiro atoms. The Morgan fingerprint density at radius 2 is 1.92 bits per heavy atom. The van der Waals surface area contributed by atoms with Gasteiger partial charge in [-0.15, -0.1) is 0 Å². The van der Waals surface area contributed by atoms with E-state index in [4.69, 9.17) is 15.2 Å². The number of benzene rings is 2. The van der Waals surface area contributed by atoms with Gasteiger partial charge in [0.15, 0.2) is 5.96 Å². The second kappa shape index (κ2) is 6.78. The minimum atomic E-state index is -0.231. The minimum Gasteiger partial charge on any atom is -0.497 e. The molecule has 2 aromatic rings. The number of rotatable bonds is 5. The molecule has 0 radical (unpaired) electrons. The number of anilines is 1. The molecule has 2 aromatic carbocycles. The third-order valence-electron chi connectivity index (χ3n) is 4.03. The average Bonchev–Trinajstić information content (AvgIpc) is 3.34. The number of nitrogens with one attached hydrogen (secondary N) is 1. The lowest BCUT2D eigenvalue weighted by Gasteiger charge is -2.12. The van der Waals surface area contributed by atoms with Crippen molar-refractivity contribution in [2.75, 3.05) is 19.5 Å². The van der Waals surface area contributed by atoms with Crippen molar-refractivity contribution < 1.29 is 13.9 Å². The highest BCUT2D eigenvalue weighted by Crippen LogP contribution is 2.43. The number of nitrogens with zero attached hydrogens (tertiary/aromatic N) is 1. The summed E-state index contributed by atoms with van der Waals surface area (Å²) in [5, 5.41) is 3.05. The Balaban J connectivity index is 1.68. The Bertz CT molecular complexity index is 746. The van der Waals surface area contributed by atoms with Gasteiger partial charge >= 0.3 is 0 Å². The van der Waals surface area contributed by atoms with Gasteiger partial charge in [-0.3, -0.25) is 0 Å². The van der Waals surface area contributed by atoms with Crippen molar-refractivity contribution in [1.29, 1.82) is 0 Å². The first-order chi connectivity index (χ1) is 11.6. The van der Waals surface area contributed by atoms with Crippen LogP contribution in [0.3, 0.4) is 0 Å². The molecule has 6 heteroatoms. The zero-order chi connectivity index (χ0) is 17.1. The molecule has 0 amide bonds. The zero-order valence-electron chi connectivity index (χ0n) is 13.6. The number of halogens is 1. The maximum Gasteiger partial charge on any atom is 0.193 e. The zero-order valence-corrected chi connectivity index (χ0v) is 13.6. The second-order valence-electron chi connectivity index (χ2n) is 5.67. The van der Waals surface area contributed by atoms with E-state index >= 15 is 0 Å². The minimum absolute atomic E-state index is 0.111. The molecule has 0 aliphatic heterocycles. The molecule has 0 aromatic heterocycles. The molecule has 1 saturated carbocycles. The van der Waals surface area contributed by atoms with Gasteiger partial charge < -0.3 is 20.5 Å². The summed E-state index contributed by atoms with van der Waals surface area (Å²) >= 11 is 0. The second-order valence-corrected chi connectivity index (χ2v) is 5.67. The van der Waals surface area contributed by atoms with E-state index in [9.17, 15) is 4.39 Å². The van der Waals surface area contributed by atoms with Crippen LogP contribution < -0.4 is 20.5 Å². The van der Waals surface area contributed by atoms with Crippen LogP contribution in [0.25, 0.3) is 0 Å². The van der Waals surface area contributed by atoms with Crippen LogP contribution in [0.4, 0.5) is 10.1 Å². The van der Waals surface area contributed by atoms with Crippen LogP contribution in [0.2, 0.25) is 0 Å². The van der Waals surface area contributed by atoms with Crippen LogP contribution in [0.15, 0.2) is 47.5 Å². The maximum atomic E-state index is 13.0. The molecule has 126 valence electrons. The van der Waals surface area contributed by atoms with E-state index in [0.717, 1.165) is 12.0 Å². The summed E-state index contributed by atoms with van der Waals surface area (Å²) in [4.78, 5) is 4.49. The van der Waals surface area contributed by atoms with Gasteiger partial charge in [0.25, 0.3) is 0 Å². The van der Waals surface area contributed by atoms with Crippen LogP contribution in [0, 0.1) is 5.82 Å². The molecule has 24 heavy (non-hydrogen) atoms. The Labute approximate surface area is 140 Å². The van der Waals surface area contributed by atoms with Gasteiger partial charge in [0.2, 0.25) is 0 Å². The summed E-state index contributed by atoms with van der Waals surface area (Å²) in [6.07, 6.45) is 0.906. The number of ether oxygens (including phenoxy) is 2. The molecule has 0 bridgehead atoms. The van der Waals surface area contributed by atoms with Gasteiger partial charge in [-0.2, -0.15) is 0 Å². The first-order valence-corrected chi connectivity index (χ1v) is 7.68. The fraction of sp³-hybridized carbons (Fsp3) is 0.278. The number of guanidine groups is 1. The SMILES string of the molecule is COc1ccc(OC)c(NC(N)=N[C@@H]2C[C@H]2c2ccc(F)cc2)c1. The van der Waals surface area contributed by atoms with E-state index in [0.29, 0.717) is 23.1 Å². The van der Waals surface area contributed by atoms with E-state index in [-0.39, 0.29) is 17.8 Å². The van der Waals surface area contributed by atoms with Gasteiger partial charge in [-0.25, -0.2) is 9.38 Å². The molecule has 1 aliphatic rings. The number of methoxy groups -OCH3 is 2. The molecule has 2 atom stereocenters. The molecule has 0 heterocycles. The molecule has 1 aliphatic carbocycles. The van der Waals surface area contributed by atoms with Gasteiger partial charge in [0.1, 0.15) is 17.3 Å². The monoisotopic (exact) mass is 329 g/mol. The van der Waals surface area contributed by atoms with E-state index in [1.54, 1.807) is 38.5 Å². The highest BCUT2D eigenvalue weighted by molar-refractivity contribution is 5.94. The highest BCUT2D eigenvalue weighted by atomic mass is 19.1. The number of nitrogens with two attached hydrogens (primary N) is 1. The Kier molecular flexibility index (Phi) is 4.55. The van der Waals surface area contributed by atoms with Crippen molar-refractivity contribution in [3.63, 3.8) is 0 Å². The normalized spacial score (nSPS) is 19.7. The van der Waals surface area contributed by atoms with E-state index in [1.807, 2.05) is 6.07 Å². The van der Waals surface area contributed by atoms with E-state index in [1.165, 1.54) is 12.1 Å². The van der Waals surface area contributed by atoms with Crippen molar-refractivity contribution in [2.24, 2.45) is 10.7 Å². The number of hydrogen-bond donors (Lipinski definition) is 2. The van der Waals surface area contributed by atoms with Gasteiger partial charge in [0, 0.05) is 12.0 Å². The van der Waals surface area contributed by atoms with Crippen molar-refractivity contribution in [3.8, 4) is 11.5 Å². The first-order valence-electron chi connectivity index (χ1n) is 7.68. The van der Waals surface area contributed by atoms with Gasteiger partial charge in [-0.05, 0) is 36.2 Å². The molecular formula is C18H20FN3O2. The third kappa shape index (κ3) is 3.59. The Hall–Kier alpha value is -2.76. The average molecular weight is 329 g/mol. The standard InChI is InChI=1S/C18H20FN3O2/c1-23-13-7-8-17(24-2)16(9-13)22-18(20)21-15-10-14(15)11-3-5-12(19)6-4-11/h3-9,14-15H,10H2,1-2H3,(H3,20,21,22)/t14-,15+/m0/s1. The van der Waals surface area contributed by atoms with Crippen molar-refractivity contribution >= 4 is 11.6 Å². The highest BCUT2D eigenvalue weighted by Gasteiger charge is 2.38. The fourth-order valence-corrected chi connectivity index (χ4v) is 2.65. The van der Waals surface area contributed by atoms with Crippen LogP contribution in [-0.2, 0) is 0 Å².